The maximum absolute atomic E-state index is 10.1. The summed E-state index contributed by atoms with van der Waals surface area (Å²) in [5.74, 6) is 1.27. The molecule has 1 unspecified atom stereocenters. The first-order valence-corrected chi connectivity index (χ1v) is 6.21. The largest absolute Gasteiger partial charge is 0.386 e. The van der Waals surface area contributed by atoms with Crippen molar-refractivity contribution >= 4 is 11.6 Å². The van der Waals surface area contributed by atoms with Crippen LogP contribution in [0, 0.1) is 6.92 Å². The van der Waals surface area contributed by atoms with Crippen LogP contribution in [0.25, 0.3) is 5.78 Å². The highest BCUT2D eigenvalue weighted by molar-refractivity contribution is 5.44. The van der Waals surface area contributed by atoms with Gasteiger partial charge < -0.3 is 10.4 Å². The van der Waals surface area contributed by atoms with Crippen LogP contribution in [0.4, 0.5) is 5.82 Å². The van der Waals surface area contributed by atoms with Crippen LogP contribution in [0.2, 0.25) is 0 Å². The molecular formula is C12H15N7O. The molecule has 104 valence electrons. The monoisotopic (exact) mass is 273 g/mol. The summed E-state index contributed by atoms with van der Waals surface area (Å²) >= 11 is 0. The summed E-state index contributed by atoms with van der Waals surface area (Å²) in [6.45, 7) is 2.24. The molecule has 0 aliphatic heterocycles. The van der Waals surface area contributed by atoms with Gasteiger partial charge in [0, 0.05) is 37.1 Å². The highest BCUT2D eigenvalue weighted by Crippen LogP contribution is 2.14. The number of aromatic nitrogens is 6. The Balaban J connectivity index is 1.78. The van der Waals surface area contributed by atoms with E-state index in [2.05, 4.69) is 25.5 Å². The standard InChI is InChI=1S/C12H15N7O/c1-8-3-11(19-12(17-8)14-7-16-19)13-5-10(20)9-4-15-18(2)6-9/h3-4,6-7,10,13,20H,5H2,1-2H3. The van der Waals surface area contributed by atoms with Gasteiger partial charge in [-0.2, -0.15) is 19.7 Å². The second-order valence-electron chi connectivity index (χ2n) is 4.60. The van der Waals surface area contributed by atoms with Gasteiger partial charge in [0.2, 0.25) is 0 Å². The highest BCUT2D eigenvalue weighted by Gasteiger charge is 2.11. The van der Waals surface area contributed by atoms with Crippen molar-refractivity contribution in [1.82, 2.24) is 29.4 Å². The lowest BCUT2D eigenvalue weighted by Crippen LogP contribution is -2.14. The number of aliphatic hydroxyl groups excluding tert-OH is 1. The van der Waals surface area contributed by atoms with E-state index in [1.807, 2.05) is 20.0 Å². The van der Waals surface area contributed by atoms with Gasteiger partial charge in [0.15, 0.2) is 0 Å². The van der Waals surface area contributed by atoms with Crippen molar-refractivity contribution in [3.05, 3.63) is 36.0 Å². The number of nitrogens with zero attached hydrogens (tertiary/aromatic N) is 6. The number of hydrogen-bond donors (Lipinski definition) is 2. The van der Waals surface area contributed by atoms with Gasteiger partial charge in [-0.15, -0.1) is 0 Å². The van der Waals surface area contributed by atoms with E-state index in [9.17, 15) is 5.11 Å². The molecule has 8 heteroatoms. The van der Waals surface area contributed by atoms with Gasteiger partial charge in [-0.05, 0) is 6.92 Å². The number of nitrogens with one attached hydrogen (secondary N) is 1. The van der Waals surface area contributed by atoms with Gasteiger partial charge in [0.05, 0.1) is 12.3 Å². The summed E-state index contributed by atoms with van der Waals surface area (Å²) in [5.41, 5.74) is 1.60. The molecule has 0 aliphatic rings. The molecule has 2 N–H and O–H groups in total. The Morgan fingerprint density at radius 2 is 2.25 bits per heavy atom. The lowest BCUT2D eigenvalue weighted by molar-refractivity contribution is 0.191. The fourth-order valence-corrected chi connectivity index (χ4v) is 1.99. The minimum Gasteiger partial charge on any atom is -0.386 e. The van der Waals surface area contributed by atoms with E-state index in [1.54, 1.807) is 21.6 Å². The molecule has 3 rings (SSSR count). The van der Waals surface area contributed by atoms with Gasteiger partial charge >= 0.3 is 0 Å². The van der Waals surface area contributed by atoms with E-state index in [-0.39, 0.29) is 0 Å². The van der Waals surface area contributed by atoms with E-state index in [0.717, 1.165) is 17.1 Å². The van der Waals surface area contributed by atoms with E-state index < -0.39 is 6.10 Å². The Labute approximate surface area is 115 Å². The first-order chi connectivity index (χ1) is 9.63. The quantitative estimate of drug-likeness (QED) is 0.710. The summed E-state index contributed by atoms with van der Waals surface area (Å²) in [5, 5.41) is 21.4. The molecule has 20 heavy (non-hydrogen) atoms. The summed E-state index contributed by atoms with van der Waals surface area (Å²) in [6.07, 6.45) is 4.24. The second-order valence-corrected chi connectivity index (χ2v) is 4.60. The Kier molecular flexibility index (Phi) is 3.07. The molecule has 3 aromatic rings. The van der Waals surface area contributed by atoms with Gasteiger partial charge in [0.25, 0.3) is 5.78 Å². The zero-order valence-corrected chi connectivity index (χ0v) is 11.2. The summed E-state index contributed by atoms with van der Waals surface area (Å²) in [7, 11) is 1.81. The van der Waals surface area contributed by atoms with E-state index in [0.29, 0.717) is 12.3 Å². The molecule has 0 amide bonds. The lowest BCUT2D eigenvalue weighted by Gasteiger charge is -2.12. The van der Waals surface area contributed by atoms with Crippen molar-refractivity contribution in [1.29, 1.82) is 0 Å². The number of rotatable bonds is 4. The van der Waals surface area contributed by atoms with Crippen LogP contribution in [0.5, 0.6) is 0 Å². The molecule has 3 heterocycles. The van der Waals surface area contributed by atoms with Gasteiger partial charge in [0.1, 0.15) is 12.1 Å². The topological polar surface area (TPSA) is 93.2 Å². The third kappa shape index (κ3) is 2.32. The smallest absolute Gasteiger partial charge is 0.254 e. The van der Waals surface area contributed by atoms with Crippen LogP contribution < -0.4 is 5.32 Å². The Morgan fingerprint density at radius 3 is 3.00 bits per heavy atom. The Morgan fingerprint density at radius 1 is 1.40 bits per heavy atom. The van der Waals surface area contributed by atoms with Crippen LogP contribution in [0.1, 0.15) is 17.4 Å². The number of fused-ring (bicyclic) bond motifs is 1. The Hall–Kier alpha value is -2.48. The minimum absolute atomic E-state index is 0.351. The average Bonchev–Trinajstić information content (AvgIpc) is 3.03. The number of aryl methyl sites for hydroxylation is 2. The van der Waals surface area contributed by atoms with Crippen molar-refractivity contribution < 1.29 is 5.11 Å². The third-order valence-electron chi connectivity index (χ3n) is 2.97. The van der Waals surface area contributed by atoms with Gasteiger partial charge in [-0.25, -0.2) is 4.98 Å². The normalized spacial score (nSPS) is 12.8. The maximum atomic E-state index is 10.1. The van der Waals surface area contributed by atoms with Crippen LogP contribution in [0.3, 0.4) is 0 Å². The molecule has 3 aromatic heterocycles. The van der Waals surface area contributed by atoms with Crippen molar-refractivity contribution in [2.75, 3.05) is 11.9 Å². The minimum atomic E-state index is -0.643. The number of hydrogen-bond acceptors (Lipinski definition) is 6. The SMILES string of the molecule is Cc1cc(NCC(O)c2cnn(C)c2)n2ncnc2n1. The lowest BCUT2D eigenvalue weighted by atomic mass is 10.2. The fraction of sp³-hybridized carbons (Fsp3) is 0.333. The molecular weight excluding hydrogens is 258 g/mol. The molecule has 1 atom stereocenters. The molecule has 0 aromatic carbocycles. The molecule has 0 radical (unpaired) electrons. The highest BCUT2D eigenvalue weighted by atomic mass is 16.3. The summed E-state index contributed by atoms with van der Waals surface area (Å²) < 4.78 is 3.26. The molecule has 0 saturated heterocycles. The second kappa shape index (κ2) is 4.89. The van der Waals surface area contributed by atoms with E-state index in [4.69, 9.17) is 0 Å². The van der Waals surface area contributed by atoms with Crippen molar-refractivity contribution in [2.24, 2.45) is 7.05 Å². The molecule has 0 saturated carbocycles. The maximum Gasteiger partial charge on any atom is 0.254 e. The van der Waals surface area contributed by atoms with Gasteiger partial charge in [-0.3, -0.25) is 4.68 Å². The summed E-state index contributed by atoms with van der Waals surface area (Å²) in [6, 6.07) is 1.86. The van der Waals surface area contributed by atoms with Gasteiger partial charge in [-0.1, -0.05) is 0 Å². The van der Waals surface area contributed by atoms with Crippen molar-refractivity contribution in [3.8, 4) is 0 Å². The molecule has 8 nitrogen and oxygen atoms in total. The predicted molar refractivity (Wildman–Crippen MR) is 72.2 cm³/mol. The number of aliphatic hydroxyl groups is 1. The fourth-order valence-electron chi connectivity index (χ4n) is 1.99. The molecule has 0 bridgehead atoms. The third-order valence-corrected chi connectivity index (χ3v) is 2.97. The average molecular weight is 273 g/mol. The van der Waals surface area contributed by atoms with Crippen molar-refractivity contribution in [3.63, 3.8) is 0 Å². The van der Waals surface area contributed by atoms with Crippen molar-refractivity contribution in [2.45, 2.75) is 13.0 Å². The van der Waals surface area contributed by atoms with Crippen LogP contribution in [-0.2, 0) is 7.05 Å². The summed E-state index contributed by atoms with van der Waals surface area (Å²) in [4.78, 5) is 8.31. The molecule has 0 spiro atoms. The van der Waals surface area contributed by atoms with Crippen LogP contribution >= 0.6 is 0 Å². The first kappa shape index (κ1) is 12.5. The molecule has 0 aliphatic carbocycles. The number of anilines is 1. The predicted octanol–water partition coefficient (Wildman–Crippen LogP) is 0.312. The first-order valence-electron chi connectivity index (χ1n) is 6.21. The zero-order valence-electron chi connectivity index (χ0n) is 11.2. The molecule has 0 fully saturated rings. The van der Waals surface area contributed by atoms with E-state index >= 15 is 0 Å². The van der Waals surface area contributed by atoms with Crippen LogP contribution in [0.15, 0.2) is 24.8 Å². The van der Waals surface area contributed by atoms with E-state index in [1.165, 1.54) is 6.33 Å². The zero-order chi connectivity index (χ0) is 14.1. The van der Waals surface area contributed by atoms with Crippen LogP contribution in [-0.4, -0.2) is 41.0 Å². The Bertz CT molecular complexity index is 732.